The van der Waals surface area contributed by atoms with Crippen molar-refractivity contribution in [1.82, 2.24) is 10.2 Å². The Morgan fingerprint density at radius 3 is 2.42 bits per heavy atom. The molecule has 1 fully saturated rings. The summed E-state index contributed by atoms with van der Waals surface area (Å²) in [5.41, 5.74) is 0. The highest BCUT2D eigenvalue weighted by Gasteiger charge is 2.34. The summed E-state index contributed by atoms with van der Waals surface area (Å²) < 4.78 is 5.18. The predicted octanol–water partition coefficient (Wildman–Crippen LogP) is 0.467. The highest BCUT2D eigenvalue weighted by atomic mass is 16.5. The standard InChI is InChI=1S/C13H24N2O4/c1-3-15(4-2)9-5-8-14-12(16)10-6-7-11(19-10)13(17)18/h10-11H,3-9H2,1-2H3,(H,14,16)(H,17,18). The number of amides is 1. The maximum absolute atomic E-state index is 11.8. The van der Waals surface area contributed by atoms with Crippen molar-refractivity contribution in [3.8, 4) is 0 Å². The van der Waals surface area contributed by atoms with E-state index in [0.717, 1.165) is 26.1 Å². The highest BCUT2D eigenvalue weighted by molar-refractivity contribution is 5.82. The first-order chi connectivity index (χ1) is 9.08. The van der Waals surface area contributed by atoms with Gasteiger partial charge >= 0.3 is 5.97 Å². The van der Waals surface area contributed by atoms with Crippen LogP contribution in [0.3, 0.4) is 0 Å². The van der Waals surface area contributed by atoms with Gasteiger partial charge in [-0.3, -0.25) is 4.79 Å². The van der Waals surface area contributed by atoms with E-state index < -0.39 is 18.2 Å². The molecule has 1 amide bonds. The Hall–Kier alpha value is -1.14. The van der Waals surface area contributed by atoms with E-state index in [2.05, 4.69) is 24.1 Å². The molecule has 1 aliphatic rings. The van der Waals surface area contributed by atoms with Gasteiger partial charge in [0, 0.05) is 6.54 Å². The van der Waals surface area contributed by atoms with Crippen LogP contribution in [0, 0.1) is 0 Å². The van der Waals surface area contributed by atoms with Crippen LogP contribution in [-0.2, 0) is 14.3 Å². The monoisotopic (exact) mass is 272 g/mol. The molecule has 0 radical (unpaired) electrons. The number of ether oxygens (including phenoxy) is 1. The van der Waals surface area contributed by atoms with Gasteiger partial charge in [0.15, 0.2) is 6.10 Å². The second-order valence-electron chi connectivity index (χ2n) is 4.70. The summed E-state index contributed by atoms with van der Waals surface area (Å²) in [4.78, 5) is 24.8. The Balaban J connectivity index is 2.17. The van der Waals surface area contributed by atoms with Crippen molar-refractivity contribution in [2.45, 2.75) is 45.3 Å². The van der Waals surface area contributed by atoms with Crippen molar-refractivity contribution in [1.29, 1.82) is 0 Å². The zero-order valence-corrected chi connectivity index (χ0v) is 11.7. The first-order valence-corrected chi connectivity index (χ1v) is 6.96. The molecule has 1 heterocycles. The molecule has 1 saturated heterocycles. The zero-order chi connectivity index (χ0) is 14.3. The van der Waals surface area contributed by atoms with Crippen molar-refractivity contribution >= 4 is 11.9 Å². The summed E-state index contributed by atoms with van der Waals surface area (Å²) in [5, 5.41) is 11.6. The number of aliphatic carboxylic acids is 1. The normalized spacial score (nSPS) is 22.7. The van der Waals surface area contributed by atoms with Crippen LogP contribution in [0.5, 0.6) is 0 Å². The van der Waals surface area contributed by atoms with Crippen LogP contribution in [0.4, 0.5) is 0 Å². The molecular formula is C13H24N2O4. The van der Waals surface area contributed by atoms with Gasteiger partial charge in [-0.05, 0) is 38.9 Å². The Labute approximate surface area is 114 Å². The summed E-state index contributed by atoms with van der Waals surface area (Å²) in [7, 11) is 0. The molecule has 0 spiro atoms. The zero-order valence-electron chi connectivity index (χ0n) is 11.7. The third-order valence-electron chi connectivity index (χ3n) is 3.43. The Morgan fingerprint density at radius 1 is 1.26 bits per heavy atom. The molecule has 2 unspecified atom stereocenters. The van der Waals surface area contributed by atoms with E-state index in [1.807, 2.05) is 0 Å². The van der Waals surface area contributed by atoms with Crippen molar-refractivity contribution in [2.24, 2.45) is 0 Å². The molecule has 0 aromatic carbocycles. The quantitative estimate of drug-likeness (QED) is 0.628. The van der Waals surface area contributed by atoms with Crippen LogP contribution < -0.4 is 5.32 Å². The van der Waals surface area contributed by atoms with Gasteiger partial charge in [-0.25, -0.2) is 4.79 Å². The van der Waals surface area contributed by atoms with E-state index in [4.69, 9.17) is 9.84 Å². The van der Waals surface area contributed by atoms with Gasteiger partial charge in [0.2, 0.25) is 5.91 Å². The number of carbonyl (C=O) groups is 2. The highest BCUT2D eigenvalue weighted by Crippen LogP contribution is 2.19. The van der Waals surface area contributed by atoms with Gasteiger partial charge in [-0.1, -0.05) is 13.8 Å². The largest absolute Gasteiger partial charge is 0.479 e. The van der Waals surface area contributed by atoms with Gasteiger partial charge < -0.3 is 20.1 Å². The molecule has 110 valence electrons. The van der Waals surface area contributed by atoms with E-state index in [1.165, 1.54) is 0 Å². The molecule has 0 aromatic heterocycles. The molecule has 1 aliphatic heterocycles. The summed E-state index contributed by atoms with van der Waals surface area (Å²) in [5.74, 6) is -1.18. The van der Waals surface area contributed by atoms with E-state index in [0.29, 0.717) is 19.4 Å². The number of nitrogens with one attached hydrogen (secondary N) is 1. The summed E-state index contributed by atoms with van der Waals surface area (Å²) in [6, 6.07) is 0. The third kappa shape index (κ3) is 5.16. The van der Waals surface area contributed by atoms with Crippen molar-refractivity contribution in [3.63, 3.8) is 0 Å². The molecule has 0 bridgehead atoms. The van der Waals surface area contributed by atoms with Crippen molar-refractivity contribution < 1.29 is 19.4 Å². The van der Waals surface area contributed by atoms with E-state index >= 15 is 0 Å². The third-order valence-corrected chi connectivity index (χ3v) is 3.43. The fraction of sp³-hybridized carbons (Fsp3) is 0.846. The number of rotatable bonds is 8. The molecule has 0 aromatic rings. The summed E-state index contributed by atoms with van der Waals surface area (Å²) >= 11 is 0. The Kier molecular flexibility index (Phi) is 6.80. The lowest BCUT2D eigenvalue weighted by Crippen LogP contribution is -2.37. The maximum Gasteiger partial charge on any atom is 0.332 e. The topological polar surface area (TPSA) is 78.9 Å². The van der Waals surface area contributed by atoms with E-state index in [1.54, 1.807) is 0 Å². The Morgan fingerprint density at radius 2 is 1.89 bits per heavy atom. The maximum atomic E-state index is 11.8. The number of hydrogen-bond donors (Lipinski definition) is 2. The first-order valence-electron chi connectivity index (χ1n) is 6.96. The molecule has 2 atom stereocenters. The number of carboxylic acids is 1. The molecule has 1 rings (SSSR count). The molecule has 6 heteroatoms. The smallest absolute Gasteiger partial charge is 0.332 e. The van der Waals surface area contributed by atoms with Crippen LogP contribution in [0.15, 0.2) is 0 Å². The average molecular weight is 272 g/mol. The van der Waals surface area contributed by atoms with Crippen LogP contribution in [0.1, 0.15) is 33.1 Å². The fourth-order valence-corrected chi connectivity index (χ4v) is 2.18. The van der Waals surface area contributed by atoms with Crippen LogP contribution in [0.2, 0.25) is 0 Å². The van der Waals surface area contributed by atoms with Crippen LogP contribution >= 0.6 is 0 Å². The molecule has 2 N–H and O–H groups in total. The number of hydrogen-bond acceptors (Lipinski definition) is 4. The summed E-state index contributed by atoms with van der Waals surface area (Å²) in [6.45, 7) is 7.80. The van der Waals surface area contributed by atoms with Crippen LogP contribution in [-0.4, -0.2) is 60.3 Å². The molecule has 0 aliphatic carbocycles. The minimum Gasteiger partial charge on any atom is -0.479 e. The van der Waals surface area contributed by atoms with E-state index in [9.17, 15) is 9.59 Å². The predicted molar refractivity (Wildman–Crippen MR) is 70.9 cm³/mol. The Bertz CT molecular complexity index is 305. The lowest BCUT2D eigenvalue weighted by atomic mass is 10.2. The van der Waals surface area contributed by atoms with E-state index in [-0.39, 0.29) is 5.91 Å². The fourth-order valence-electron chi connectivity index (χ4n) is 2.18. The minimum absolute atomic E-state index is 0.191. The molecule has 6 nitrogen and oxygen atoms in total. The number of carboxylic acid groups (broad SMARTS) is 1. The summed E-state index contributed by atoms with van der Waals surface area (Å²) in [6.07, 6.45) is 0.356. The van der Waals surface area contributed by atoms with Crippen molar-refractivity contribution in [3.05, 3.63) is 0 Å². The van der Waals surface area contributed by atoms with Gasteiger partial charge in [0.25, 0.3) is 0 Å². The van der Waals surface area contributed by atoms with Crippen LogP contribution in [0.25, 0.3) is 0 Å². The first kappa shape index (κ1) is 15.9. The van der Waals surface area contributed by atoms with Gasteiger partial charge in [-0.2, -0.15) is 0 Å². The molecular weight excluding hydrogens is 248 g/mol. The second kappa shape index (κ2) is 8.12. The minimum atomic E-state index is -0.989. The lowest BCUT2D eigenvalue weighted by Gasteiger charge is -2.18. The van der Waals surface area contributed by atoms with Gasteiger partial charge in [0.05, 0.1) is 0 Å². The van der Waals surface area contributed by atoms with Crippen molar-refractivity contribution in [2.75, 3.05) is 26.2 Å². The SMILES string of the molecule is CCN(CC)CCCNC(=O)C1CCC(C(=O)O)O1. The van der Waals surface area contributed by atoms with Gasteiger partial charge in [0.1, 0.15) is 6.10 Å². The molecule has 0 saturated carbocycles. The lowest BCUT2D eigenvalue weighted by molar-refractivity contribution is -0.151. The number of nitrogens with zero attached hydrogens (tertiary/aromatic N) is 1. The van der Waals surface area contributed by atoms with Gasteiger partial charge in [-0.15, -0.1) is 0 Å². The number of carbonyl (C=O) groups excluding carboxylic acids is 1. The molecule has 19 heavy (non-hydrogen) atoms. The average Bonchev–Trinajstić information content (AvgIpc) is 2.88. The second-order valence-corrected chi connectivity index (χ2v) is 4.70.